The van der Waals surface area contributed by atoms with E-state index in [4.69, 9.17) is 4.52 Å². The molecule has 0 bridgehead atoms. The summed E-state index contributed by atoms with van der Waals surface area (Å²) in [6, 6.07) is 16.7. The molecule has 38 heavy (non-hydrogen) atoms. The molecule has 6 nitrogen and oxygen atoms in total. The van der Waals surface area contributed by atoms with Crippen LogP contribution in [0, 0.1) is 0 Å². The van der Waals surface area contributed by atoms with E-state index in [2.05, 4.69) is 74.4 Å². The van der Waals surface area contributed by atoms with E-state index >= 15 is 0 Å². The predicted molar refractivity (Wildman–Crippen MR) is 156 cm³/mol. The molecule has 0 saturated heterocycles. The van der Waals surface area contributed by atoms with Gasteiger partial charge in [0.15, 0.2) is 0 Å². The molecule has 0 aliphatic carbocycles. The van der Waals surface area contributed by atoms with Gasteiger partial charge < -0.3 is 19.2 Å². The van der Waals surface area contributed by atoms with Crippen LogP contribution in [0.5, 0.6) is 5.75 Å². The molecular formula is C30H40O6P2. The maximum Gasteiger partial charge on any atom is 0.408 e. The molecule has 3 rings (SSSR count). The molecule has 0 heterocycles. The largest absolute Gasteiger partial charge is 0.421 e. The van der Waals surface area contributed by atoms with Gasteiger partial charge >= 0.3 is 15.2 Å². The van der Waals surface area contributed by atoms with Gasteiger partial charge in [0.05, 0.1) is 10.6 Å². The van der Waals surface area contributed by atoms with Gasteiger partial charge in [-0.1, -0.05) is 98.7 Å². The summed E-state index contributed by atoms with van der Waals surface area (Å²) in [5.41, 5.74) is 3.59. The Morgan fingerprint density at radius 1 is 0.579 bits per heavy atom. The average molecular weight is 559 g/mol. The summed E-state index contributed by atoms with van der Waals surface area (Å²) in [5.74, 6) is 0.445. The van der Waals surface area contributed by atoms with Crippen molar-refractivity contribution < 1.29 is 28.3 Å². The molecule has 0 aromatic heterocycles. The van der Waals surface area contributed by atoms with Crippen molar-refractivity contribution in [2.75, 3.05) is 0 Å². The Morgan fingerprint density at radius 3 is 1.26 bits per heavy atom. The zero-order valence-corrected chi connectivity index (χ0v) is 25.5. The van der Waals surface area contributed by atoms with Gasteiger partial charge in [0.1, 0.15) is 5.75 Å². The molecule has 0 radical (unpaired) electrons. The Labute approximate surface area is 226 Å². The van der Waals surface area contributed by atoms with Crippen LogP contribution in [0.2, 0.25) is 0 Å². The fourth-order valence-electron chi connectivity index (χ4n) is 4.14. The second-order valence-electron chi connectivity index (χ2n) is 12.9. The van der Waals surface area contributed by atoms with E-state index in [1.165, 1.54) is 12.1 Å². The number of hydrogen-bond acceptors (Lipinski definition) is 3. The Balaban J connectivity index is 2.06. The fourth-order valence-corrected chi connectivity index (χ4v) is 5.75. The zero-order chi connectivity index (χ0) is 28.9. The SMILES string of the molecule is CC(C)(C)c1cc(C(C)(C)C)c(OP(=O)(O)c2ccc(-c3ccc(P(=O)(O)O)cc3)cc2)c(C(C)(C)C)c1. The minimum absolute atomic E-state index is 0.0621. The van der Waals surface area contributed by atoms with E-state index in [1.807, 2.05) is 0 Å². The maximum atomic E-state index is 13.7. The smallest absolute Gasteiger partial charge is 0.408 e. The van der Waals surface area contributed by atoms with E-state index in [0.717, 1.165) is 27.8 Å². The minimum atomic E-state index is -4.32. The first-order valence-corrected chi connectivity index (χ1v) is 15.8. The maximum absolute atomic E-state index is 13.7. The lowest BCUT2D eigenvalue weighted by Crippen LogP contribution is -2.23. The van der Waals surface area contributed by atoms with Crippen LogP contribution in [0.25, 0.3) is 11.1 Å². The molecule has 206 valence electrons. The third-order valence-electron chi connectivity index (χ3n) is 6.52. The van der Waals surface area contributed by atoms with Crippen molar-refractivity contribution in [1.82, 2.24) is 0 Å². The van der Waals surface area contributed by atoms with Crippen LogP contribution in [0.3, 0.4) is 0 Å². The zero-order valence-electron chi connectivity index (χ0n) is 23.7. The Morgan fingerprint density at radius 2 is 0.947 bits per heavy atom. The summed E-state index contributed by atoms with van der Waals surface area (Å²) >= 11 is 0. The molecule has 1 unspecified atom stereocenters. The second-order valence-corrected chi connectivity index (χ2v) is 16.2. The van der Waals surface area contributed by atoms with Crippen LogP contribution >= 0.6 is 15.2 Å². The van der Waals surface area contributed by atoms with Crippen LogP contribution in [0.15, 0.2) is 60.7 Å². The highest BCUT2D eigenvalue weighted by atomic mass is 31.2. The summed E-state index contributed by atoms with van der Waals surface area (Å²) in [4.78, 5) is 29.8. The van der Waals surface area contributed by atoms with Gasteiger partial charge in [0.2, 0.25) is 0 Å². The Kier molecular flexibility index (Phi) is 8.05. The summed E-state index contributed by atoms with van der Waals surface area (Å²) in [6.07, 6.45) is 0. The number of hydrogen-bond donors (Lipinski definition) is 3. The molecule has 0 amide bonds. The van der Waals surface area contributed by atoms with Gasteiger partial charge in [-0.25, -0.2) is 4.57 Å². The first-order chi connectivity index (χ1) is 17.1. The lowest BCUT2D eigenvalue weighted by Gasteiger charge is -2.33. The van der Waals surface area contributed by atoms with Crippen molar-refractivity contribution in [2.45, 2.75) is 78.6 Å². The van der Waals surface area contributed by atoms with Crippen LogP contribution in [-0.2, 0) is 25.4 Å². The normalized spacial score (nSPS) is 14.7. The fraction of sp³-hybridized carbons (Fsp3) is 0.400. The van der Waals surface area contributed by atoms with E-state index in [1.54, 1.807) is 36.4 Å². The molecule has 0 aliphatic heterocycles. The predicted octanol–water partition coefficient (Wildman–Crippen LogP) is 6.94. The molecule has 3 aromatic rings. The molecule has 8 heteroatoms. The summed E-state index contributed by atoms with van der Waals surface area (Å²) in [7, 11) is -8.58. The summed E-state index contributed by atoms with van der Waals surface area (Å²) < 4.78 is 31.2. The van der Waals surface area contributed by atoms with E-state index < -0.39 is 15.2 Å². The summed E-state index contributed by atoms with van der Waals surface area (Å²) in [5, 5.41) is 0.0978. The second kappa shape index (κ2) is 10.1. The van der Waals surface area contributed by atoms with Crippen molar-refractivity contribution in [1.29, 1.82) is 0 Å². The molecular weight excluding hydrogens is 518 g/mol. The Bertz CT molecular complexity index is 1360. The van der Waals surface area contributed by atoms with Crippen molar-refractivity contribution in [2.24, 2.45) is 0 Å². The standard InChI is InChI=1S/C30H40O6P2/c1-28(2,3)22-18-25(29(4,5)6)27(26(19-22)30(7,8)9)36-38(34,35)24-16-12-21(13-17-24)20-10-14-23(15-11-20)37(31,32)33/h10-19H,1-9H3,(H,34,35)(H2,31,32,33). The van der Waals surface area contributed by atoms with Gasteiger partial charge in [0.25, 0.3) is 0 Å². The van der Waals surface area contributed by atoms with E-state index in [0.29, 0.717) is 5.75 Å². The monoisotopic (exact) mass is 558 g/mol. The highest BCUT2D eigenvalue weighted by molar-refractivity contribution is 7.61. The van der Waals surface area contributed by atoms with Crippen molar-refractivity contribution in [3.63, 3.8) is 0 Å². The molecule has 3 aromatic carbocycles. The van der Waals surface area contributed by atoms with Crippen LogP contribution in [-0.4, -0.2) is 14.7 Å². The lowest BCUT2D eigenvalue weighted by atomic mass is 9.75. The van der Waals surface area contributed by atoms with E-state index in [-0.39, 0.29) is 26.9 Å². The van der Waals surface area contributed by atoms with Crippen molar-refractivity contribution in [3.05, 3.63) is 77.4 Å². The number of benzene rings is 3. The first-order valence-electron chi connectivity index (χ1n) is 12.6. The third-order valence-corrected chi connectivity index (χ3v) is 8.87. The topological polar surface area (TPSA) is 104 Å². The highest BCUT2D eigenvalue weighted by Gasteiger charge is 2.34. The first kappa shape index (κ1) is 30.3. The van der Waals surface area contributed by atoms with Crippen LogP contribution in [0.4, 0.5) is 0 Å². The Hall–Kier alpha value is -2.20. The van der Waals surface area contributed by atoms with Gasteiger partial charge in [0, 0.05) is 11.1 Å². The third kappa shape index (κ3) is 6.86. The van der Waals surface area contributed by atoms with Gasteiger partial charge in [-0.3, -0.25) is 4.57 Å². The number of rotatable bonds is 5. The van der Waals surface area contributed by atoms with Gasteiger partial charge in [-0.15, -0.1) is 0 Å². The van der Waals surface area contributed by atoms with Crippen molar-refractivity contribution >= 4 is 25.8 Å². The average Bonchev–Trinajstić information content (AvgIpc) is 2.76. The van der Waals surface area contributed by atoms with Crippen molar-refractivity contribution in [3.8, 4) is 16.9 Å². The summed E-state index contributed by atoms with van der Waals surface area (Å²) in [6.45, 7) is 18.9. The molecule has 0 fully saturated rings. The molecule has 0 saturated carbocycles. The lowest BCUT2D eigenvalue weighted by molar-refractivity contribution is 0.380. The minimum Gasteiger partial charge on any atom is -0.421 e. The highest BCUT2D eigenvalue weighted by Crippen LogP contribution is 2.50. The molecule has 0 aliphatic rings. The quantitative estimate of drug-likeness (QED) is 0.293. The van der Waals surface area contributed by atoms with Gasteiger partial charge in [-0.2, -0.15) is 0 Å². The molecule has 0 spiro atoms. The van der Waals surface area contributed by atoms with E-state index in [9.17, 15) is 23.8 Å². The molecule has 1 atom stereocenters. The van der Waals surface area contributed by atoms with Gasteiger partial charge in [-0.05, 0) is 57.2 Å². The van der Waals surface area contributed by atoms with Crippen LogP contribution < -0.4 is 15.1 Å². The molecule has 3 N–H and O–H groups in total. The van der Waals surface area contributed by atoms with Crippen LogP contribution in [0.1, 0.15) is 79.0 Å².